The van der Waals surface area contributed by atoms with Gasteiger partial charge in [-0.25, -0.2) is 9.37 Å². The second-order valence-corrected chi connectivity index (χ2v) is 10.9. The van der Waals surface area contributed by atoms with Crippen LogP contribution in [0.4, 0.5) is 21.6 Å². The summed E-state index contributed by atoms with van der Waals surface area (Å²) in [7, 11) is 0. The summed E-state index contributed by atoms with van der Waals surface area (Å²) in [6, 6.07) is 26.5. The Balaban J connectivity index is 1.09. The molecule has 9 heteroatoms. The van der Waals surface area contributed by atoms with Crippen molar-refractivity contribution in [1.29, 1.82) is 10.8 Å². The molecule has 40 heavy (non-hydrogen) atoms. The molecule has 202 valence electrons. The molecular weight excluding hydrogens is 521 g/mol. The SMILES string of the molecule is N=C(c1ccc(CN2CCC(NSc3cccc(F)c3)CC2)cc1)N1C(=N)c2ccccc2Nc2ncccc21. The highest BCUT2D eigenvalue weighted by atomic mass is 32.2. The van der Waals surface area contributed by atoms with Gasteiger partial charge >= 0.3 is 0 Å². The van der Waals surface area contributed by atoms with E-state index in [1.807, 2.05) is 54.6 Å². The average Bonchev–Trinajstić information content (AvgIpc) is 3.10. The minimum Gasteiger partial charge on any atom is -0.338 e. The van der Waals surface area contributed by atoms with Gasteiger partial charge < -0.3 is 5.32 Å². The summed E-state index contributed by atoms with van der Waals surface area (Å²) in [5.74, 6) is 0.866. The molecule has 0 saturated carbocycles. The lowest BCUT2D eigenvalue weighted by molar-refractivity contribution is 0.201. The van der Waals surface area contributed by atoms with Crippen LogP contribution >= 0.6 is 11.9 Å². The number of fused-ring (bicyclic) bond motifs is 2. The van der Waals surface area contributed by atoms with Crippen LogP contribution in [0.3, 0.4) is 0 Å². The Morgan fingerprint density at radius 1 is 1.00 bits per heavy atom. The summed E-state index contributed by atoms with van der Waals surface area (Å²) in [6.07, 6.45) is 3.78. The Labute approximate surface area is 237 Å². The number of nitrogens with one attached hydrogen (secondary N) is 4. The van der Waals surface area contributed by atoms with E-state index < -0.39 is 0 Å². The van der Waals surface area contributed by atoms with Crippen molar-refractivity contribution in [3.63, 3.8) is 0 Å². The Hall–Kier alpha value is -4.05. The molecule has 0 aliphatic carbocycles. The Morgan fingerprint density at radius 2 is 1.80 bits per heavy atom. The maximum atomic E-state index is 13.4. The highest BCUT2D eigenvalue weighted by Crippen LogP contribution is 2.35. The molecule has 1 saturated heterocycles. The van der Waals surface area contributed by atoms with Crippen molar-refractivity contribution in [3.05, 3.63) is 114 Å². The van der Waals surface area contributed by atoms with E-state index in [1.165, 1.54) is 23.6 Å². The Morgan fingerprint density at radius 3 is 2.60 bits per heavy atom. The molecule has 6 rings (SSSR count). The predicted octanol–water partition coefficient (Wildman–Crippen LogP) is 6.40. The molecule has 1 aromatic heterocycles. The summed E-state index contributed by atoms with van der Waals surface area (Å²) < 4.78 is 16.9. The van der Waals surface area contributed by atoms with E-state index in [0.717, 1.165) is 48.6 Å². The van der Waals surface area contributed by atoms with Gasteiger partial charge in [-0.05, 0) is 85.9 Å². The van der Waals surface area contributed by atoms with Crippen LogP contribution in [-0.2, 0) is 6.54 Å². The fraction of sp³-hybridized carbons (Fsp3) is 0.194. The molecule has 2 aliphatic heterocycles. The standard InChI is InChI=1S/C31H30FN7S/c32-23-5-3-6-25(19-23)40-37-24-14-17-38(18-15-24)20-21-10-12-22(13-11-21)29(33)39-28-9-4-16-35-31(28)36-27-8-2-1-7-26(27)30(39)34/h1-13,16,19,24,33-34,37H,14-15,17-18,20H2,(H,35,36). The second kappa shape index (κ2) is 11.6. The van der Waals surface area contributed by atoms with E-state index in [9.17, 15) is 4.39 Å². The number of amidine groups is 2. The van der Waals surface area contributed by atoms with Gasteiger partial charge in [-0.1, -0.05) is 42.5 Å². The number of hydrogen-bond acceptors (Lipinski definition) is 7. The van der Waals surface area contributed by atoms with Gasteiger partial charge in [0.15, 0.2) is 5.82 Å². The van der Waals surface area contributed by atoms with Gasteiger partial charge in [0.1, 0.15) is 17.5 Å². The van der Waals surface area contributed by atoms with Gasteiger partial charge in [0.25, 0.3) is 0 Å². The summed E-state index contributed by atoms with van der Waals surface area (Å²) in [4.78, 5) is 9.47. The first-order valence-corrected chi connectivity index (χ1v) is 14.1. The molecule has 2 aliphatic rings. The van der Waals surface area contributed by atoms with E-state index >= 15 is 0 Å². The largest absolute Gasteiger partial charge is 0.338 e. The summed E-state index contributed by atoms with van der Waals surface area (Å²) in [6.45, 7) is 2.82. The second-order valence-electron chi connectivity index (χ2n) is 10.00. The third-order valence-electron chi connectivity index (χ3n) is 7.27. The zero-order chi connectivity index (χ0) is 27.5. The quantitative estimate of drug-likeness (QED) is 0.126. The van der Waals surface area contributed by atoms with E-state index in [0.29, 0.717) is 23.1 Å². The fourth-order valence-electron chi connectivity index (χ4n) is 5.12. The van der Waals surface area contributed by atoms with Crippen LogP contribution in [0, 0.1) is 16.6 Å². The third-order valence-corrected chi connectivity index (χ3v) is 8.21. The number of nitrogens with zero attached hydrogens (tertiary/aromatic N) is 3. The smallest absolute Gasteiger partial charge is 0.154 e. The van der Waals surface area contributed by atoms with Crippen LogP contribution < -0.4 is 14.9 Å². The molecule has 0 bridgehead atoms. The number of anilines is 3. The Kier molecular flexibility index (Phi) is 7.59. The van der Waals surface area contributed by atoms with Crippen LogP contribution in [0.1, 0.15) is 29.5 Å². The van der Waals surface area contributed by atoms with Crippen LogP contribution in [0.2, 0.25) is 0 Å². The van der Waals surface area contributed by atoms with Gasteiger partial charge in [0.05, 0.1) is 11.4 Å². The van der Waals surface area contributed by atoms with E-state index in [4.69, 9.17) is 10.8 Å². The van der Waals surface area contributed by atoms with Gasteiger partial charge in [-0.15, -0.1) is 0 Å². The monoisotopic (exact) mass is 551 g/mol. The van der Waals surface area contributed by atoms with Gasteiger partial charge in [-0.2, -0.15) is 0 Å². The topological polar surface area (TPSA) is 91.1 Å². The molecule has 3 heterocycles. The zero-order valence-corrected chi connectivity index (χ0v) is 22.7. The van der Waals surface area contributed by atoms with Gasteiger partial charge in [0, 0.05) is 34.8 Å². The average molecular weight is 552 g/mol. The maximum absolute atomic E-state index is 13.4. The molecule has 7 nitrogen and oxygen atoms in total. The van der Waals surface area contributed by atoms with Crippen molar-refractivity contribution in [2.24, 2.45) is 0 Å². The predicted molar refractivity (Wildman–Crippen MR) is 160 cm³/mol. The molecular formula is C31H30FN7S. The molecule has 3 aromatic carbocycles. The van der Waals surface area contributed by atoms with E-state index in [-0.39, 0.29) is 17.5 Å². The molecule has 0 amide bonds. The lowest BCUT2D eigenvalue weighted by Gasteiger charge is -2.32. The lowest BCUT2D eigenvalue weighted by Crippen LogP contribution is -2.40. The van der Waals surface area contributed by atoms with E-state index in [1.54, 1.807) is 23.2 Å². The Bertz CT molecular complexity index is 1530. The number of aromatic nitrogens is 1. The third kappa shape index (κ3) is 5.62. The normalized spacial score (nSPS) is 15.6. The van der Waals surface area contributed by atoms with Crippen molar-refractivity contribution in [3.8, 4) is 0 Å². The van der Waals surface area contributed by atoms with Crippen molar-refractivity contribution < 1.29 is 4.39 Å². The number of likely N-dealkylation sites (tertiary alicyclic amines) is 1. The first-order valence-electron chi connectivity index (χ1n) is 13.3. The van der Waals surface area contributed by atoms with Crippen LogP contribution in [0.5, 0.6) is 0 Å². The first-order chi connectivity index (χ1) is 19.5. The minimum absolute atomic E-state index is 0.211. The summed E-state index contributed by atoms with van der Waals surface area (Å²) in [5.41, 5.74) is 4.11. The molecule has 4 aromatic rings. The van der Waals surface area contributed by atoms with Crippen LogP contribution in [-0.4, -0.2) is 40.7 Å². The molecule has 0 unspecified atom stereocenters. The number of benzene rings is 3. The number of para-hydroxylation sites is 1. The maximum Gasteiger partial charge on any atom is 0.154 e. The highest BCUT2D eigenvalue weighted by molar-refractivity contribution is 7.97. The zero-order valence-electron chi connectivity index (χ0n) is 21.9. The highest BCUT2D eigenvalue weighted by Gasteiger charge is 2.28. The van der Waals surface area contributed by atoms with Crippen molar-refractivity contribution in [2.45, 2.75) is 30.3 Å². The summed E-state index contributed by atoms with van der Waals surface area (Å²) in [5, 5.41) is 21.4. The number of rotatable bonds is 6. The van der Waals surface area contributed by atoms with Gasteiger partial charge in [0.2, 0.25) is 0 Å². The van der Waals surface area contributed by atoms with E-state index in [2.05, 4.69) is 32.1 Å². The number of pyridine rings is 1. The molecule has 0 atom stereocenters. The fourth-order valence-corrected chi connectivity index (χ4v) is 5.98. The number of halogens is 1. The first kappa shape index (κ1) is 26.2. The molecule has 4 N–H and O–H groups in total. The van der Waals surface area contributed by atoms with Crippen molar-refractivity contribution in [1.82, 2.24) is 14.6 Å². The lowest BCUT2D eigenvalue weighted by atomic mass is 10.0. The van der Waals surface area contributed by atoms with Crippen LogP contribution in [0.25, 0.3) is 0 Å². The molecule has 1 fully saturated rings. The number of piperidine rings is 1. The van der Waals surface area contributed by atoms with Crippen molar-refractivity contribution >= 4 is 40.8 Å². The van der Waals surface area contributed by atoms with Gasteiger partial charge in [-0.3, -0.25) is 25.3 Å². The molecule has 0 spiro atoms. The summed E-state index contributed by atoms with van der Waals surface area (Å²) >= 11 is 1.50. The van der Waals surface area contributed by atoms with Crippen LogP contribution in [0.15, 0.2) is 96.0 Å². The number of hydrogen-bond donors (Lipinski definition) is 4. The van der Waals surface area contributed by atoms with Crippen molar-refractivity contribution in [2.75, 3.05) is 23.3 Å². The minimum atomic E-state index is -0.211. The molecule has 0 radical (unpaired) electrons.